The number of aromatic nitrogens is 5. The molecule has 3 aromatic rings. The van der Waals surface area contributed by atoms with Crippen molar-refractivity contribution in [1.29, 1.82) is 0 Å². The normalized spacial score (nSPS) is 21.5. The molecule has 1 N–H and O–H groups in total. The van der Waals surface area contributed by atoms with Crippen molar-refractivity contribution in [3.63, 3.8) is 0 Å². The van der Waals surface area contributed by atoms with E-state index >= 15 is 0 Å². The van der Waals surface area contributed by atoms with E-state index in [0.717, 1.165) is 17.4 Å². The standard InChI is InChI=1S/C21H18F5N7O2/c22-20(23)35-12-2-3-13(16(8-12)33-29-5-6-30-33)19(34)32-11-1-4-15(32)14(7-11)31-18-10-27-17(9-28-18)21(24,25)26/h2-3,5-6,8-11,14-15,20H,1,4,7H2,(H,28,31)/t11-,14-,15+/m1/s1. The van der Waals surface area contributed by atoms with Gasteiger partial charge in [0.25, 0.3) is 5.91 Å². The molecular weight excluding hydrogens is 477 g/mol. The van der Waals surface area contributed by atoms with Crippen molar-refractivity contribution in [2.45, 2.75) is 50.2 Å². The number of hydrogen-bond donors (Lipinski definition) is 1. The predicted octanol–water partition coefficient (Wildman–Crippen LogP) is 3.54. The summed E-state index contributed by atoms with van der Waals surface area (Å²) in [5, 5.41) is 11.1. The molecule has 2 fully saturated rings. The number of nitrogens with one attached hydrogen (secondary N) is 1. The lowest BCUT2D eigenvalue weighted by Gasteiger charge is -2.26. The third-order valence-corrected chi connectivity index (χ3v) is 6.11. The Morgan fingerprint density at radius 1 is 1.11 bits per heavy atom. The maximum absolute atomic E-state index is 13.6. The Balaban J connectivity index is 1.38. The van der Waals surface area contributed by atoms with Gasteiger partial charge in [0, 0.05) is 12.1 Å². The fraction of sp³-hybridized carbons (Fsp3) is 0.381. The molecule has 14 heteroatoms. The number of carbonyl (C=O) groups is 1. The zero-order chi connectivity index (χ0) is 24.7. The molecule has 184 valence electrons. The minimum absolute atomic E-state index is 0.108. The number of carbonyl (C=O) groups excluding carboxylic acids is 1. The van der Waals surface area contributed by atoms with Crippen molar-refractivity contribution >= 4 is 11.7 Å². The molecule has 1 aromatic carbocycles. The molecular formula is C21H18F5N7O2. The van der Waals surface area contributed by atoms with Gasteiger partial charge in [-0.15, -0.1) is 0 Å². The van der Waals surface area contributed by atoms with Gasteiger partial charge >= 0.3 is 12.8 Å². The lowest BCUT2D eigenvalue weighted by Crippen LogP contribution is -2.40. The molecule has 0 aliphatic carbocycles. The number of nitrogens with zero attached hydrogens (tertiary/aromatic N) is 6. The second kappa shape index (κ2) is 8.74. The largest absolute Gasteiger partial charge is 0.435 e. The number of amides is 1. The van der Waals surface area contributed by atoms with E-state index in [0.29, 0.717) is 19.0 Å². The summed E-state index contributed by atoms with van der Waals surface area (Å²) in [6, 6.07) is 3.34. The molecule has 2 aliphatic heterocycles. The Bertz CT molecular complexity index is 1200. The molecule has 0 saturated carbocycles. The highest BCUT2D eigenvalue weighted by Crippen LogP contribution is 2.40. The van der Waals surface area contributed by atoms with Crippen LogP contribution in [0.25, 0.3) is 5.69 Å². The maximum atomic E-state index is 13.6. The van der Waals surface area contributed by atoms with Gasteiger partial charge in [0.15, 0.2) is 5.69 Å². The van der Waals surface area contributed by atoms with Crippen LogP contribution in [-0.2, 0) is 6.18 Å². The smallest absolute Gasteiger partial charge is 0.434 e. The number of anilines is 1. The Hall–Kier alpha value is -3.84. The van der Waals surface area contributed by atoms with Crippen molar-refractivity contribution in [1.82, 2.24) is 29.9 Å². The van der Waals surface area contributed by atoms with Crippen LogP contribution in [0.5, 0.6) is 5.75 Å². The highest BCUT2D eigenvalue weighted by Gasteiger charge is 2.49. The van der Waals surface area contributed by atoms with Gasteiger partial charge < -0.3 is 15.0 Å². The molecule has 1 amide bonds. The van der Waals surface area contributed by atoms with Crippen molar-refractivity contribution in [3.8, 4) is 11.4 Å². The van der Waals surface area contributed by atoms with Gasteiger partial charge in [-0.2, -0.15) is 36.9 Å². The first-order valence-corrected chi connectivity index (χ1v) is 10.6. The molecule has 0 unspecified atom stereocenters. The van der Waals surface area contributed by atoms with Gasteiger partial charge in [0.05, 0.1) is 42.4 Å². The van der Waals surface area contributed by atoms with Crippen molar-refractivity contribution in [2.75, 3.05) is 5.32 Å². The van der Waals surface area contributed by atoms with Crippen LogP contribution in [0.4, 0.5) is 27.8 Å². The molecule has 2 aliphatic rings. The summed E-state index contributed by atoms with van der Waals surface area (Å²) >= 11 is 0. The number of hydrogen-bond acceptors (Lipinski definition) is 7. The quantitative estimate of drug-likeness (QED) is 0.523. The predicted molar refractivity (Wildman–Crippen MR) is 110 cm³/mol. The van der Waals surface area contributed by atoms with Crippen LogP contribution in [0.3, 0.4) is 0 Å². The number of alkyl halides is 5. The van der Waals surface area contributed by atoms with Crippen molar-refractivity contribution < 1.29 is 31.5 Å². The fourth-order valence-corrected chi connectivity index (χ4v) is 4.71. The Morgan fingerprint density at radius 3 is 2.54 bits per heavy atom. The zero-order valence-electron chi connectivity index (χ0n) is 17.9. The topological polar surface area (TPSA) is 98.1 Å². The van der Waals surface area contributed by atoms with Gasteiger partial charge in [0.1, 0.15) is 17.3 Å². The van der Waals surface area contributed by atoms with Gasteiger partial charge in [-0.1, -0.05) is 0 Å². The third kappa shape index (κ3) is 4.47. The summed E-state index contributed by atoms with van der Waals surface area (Å²) in [4.78, 5) is 23.7. The number of halogens is 5. The Labute approximate surface area is 194 Å². The average Bonchev–Trinajstić information content (AvgIpc) is 3.55. The van der Waals surface area contributed by atoms with Crippen LogP contribution in [0.15, 0.2) is 43.0 Å². The van der Waals surface area contributed by atoms with Gasteiger partial charge in [-0.25, -0.2) is 9.97 Å². The molecule has 4 heterocycles. The second-order valence-electron chi connectivity index (χ2n) is 8.16. The molecule has 3 atom stereocenters. The maximum Gasteiger partial charge on any atom is 0.434 e. The summed E-state index contributed by atoms with van der Waals surface area (Å²) in [6.07, 6.45) is 1.88. The summed E-state index contributed by atoms with van der Waals surface area (Å²) < 4.78 is 68.1. The van der Waals surface area contributed by atoms with Gasteiger partial charge in [-0.3, -0.25) is 4.79 Å². The van der Waals surface area contributed by atoms with E-state index in [-0.39, 0.29) is 46.9 Å². The fourth-order valence-electron chi connectivity index (χ4n) is 4.71. The molecule has 2 aromatic heterocycles. The molecule has 5 rings (SSSR count). The number of ether oxygens (including phenoxy) is 1. The minimum atomic E-state index is -4.59. The highest BCUT2D eigenvalue weighted by molar-refractivity contribution is 5.98. The molecule has 9 nitrogen and oxygen atoms in total. The van der Waals surface area contributed by atoms with E-state index in [1.54, 1.807) is 4.90 Å². The highest BCUT2D eigenvalue weighted by atomic mass is 19.4. The molecule has 0 spiro atoms. The number of rotatable bonds is 6. The molecule has 2 saturated heterocycles. The van der Waals surface area contributed by atoms with Crippen LogP contribution in [0.1, 0.15) is 35.3 Å². The van der Waals surface area contributed by atoms with E-state index in [4.69, 9.17) is 0 Å². The van der Waals surface area contributed by atoms with E-state index in [1.807, 2.05) is 0 Å². The second-order valence-corrected chi connectivity index (χ2v) is 8.16. The molecule has 35 heavy (non-hydrogen) atoms. The van der Waals surface area contributed by atoms with E-state index in [1.165, 1.54) is 30.6 Å². The average molecular weight is 495 g/mol. The first-order valence-electron chi connectivity index (χ1n) is 10.6. The van der Waals surface area contributed by atoms with Crippen LogP contribution < -0.4 is 10.1 Å². The molecule has 2 bridgehead atoms. The van der Waals surface area contributed by atoms with E-state index in [9.17, 15) is 26.7 Å². The zero-order valence-corrected chi connectivity index (χ0v) is 17.9. The van der Waals surface area contributed by atoms with Crippen LogP contribution >= 0.6 is 0 Å². The van der Waals surface area contributed by atoms with E-state index < -0.39 is 18.5 Å². The molecule has 0 radical (unpaired) electrons. The van der Waals surface area contributed by atoms with Crippen molar-refractivity contribution in [2.24, 2.45) is 0 Å². The van der Waals surface area contributed by atoms with Gasteiger partial charge in [0.2, 0.25) is 0 Å². The van der Waals surface area contributed by atoms with Gasteiger partial charge in [-0.05, 0) is 31.4 Å². The summed E-state index contributed by atoms with van der Waals surface area (Å²) in [5.74, 6) is -0.303. The van der Waals surface area contributed by atoms with Crippen LogP contribution in [-0.4, -0.2) is 60.5 Å². The summed E-state index contributed by atoms with van der Waals surface area (Å²) in [5.41, 5.74) is -0.705. The SMILES string of the molecule is O=C(c1ccc(OC(F)F)cc1-n1nccn1)N1[C@@H]2CC[C@H]1[C@H](Nc1cnc(C(F)(F)F)cn1)C2. The van der Waals surface area contributed by atoms with Crippen LogP contribution in [0, 0.1) is 0 Å². The Kier molecular flexibility index (Phi) is 5.73. The number of benzene rings is 1. The Morgan fingerprint density at radius 2 is 1.89 bits per heavy atom. The van der Waals surface area contributed by atoms with Crippen LogP contribution in [0.2, 0.25) is 0 Å². The lowest BCUT2D eigenvalue weighted by molar-refractivity contribution is -0.141. The minimum Gasteiger partial charge on any atom is -0.435 e. The summed E-state index contributed by atoms with van der Waals surface area (Å²) in [6.45, 7) is -3.04. The number of fused-ring (bicyclic) bond motifs is 2. The lowest BCUT2D eigenvalue weighted by atomic mass is 9.95. The van der Waals surface area contributed by atoms with Crippen molar-refractivity contribution in [3.05, 3.63) is 54.2 Å². The van der Waals surface area contributed by atoms with E-state index in [2.05, 4.69) is 30.2 Å². The first-order chi connectivity index (χ1) is 16.7. The monoisotopic (exact) mass is 495 g/mol. The summed E-state index contributed by atoms with van der Waals surface area (Å²) in [7, 11) is 0. The third-order valence-electron chi connectivity index (χ3n) is 6.11. The first kappa shape index (κ1) is 22.9.